The van der Waals surface area contributed by atoms with Crippen molar-refractivity contribution in [3.63, 3.8) is 0 Å². The molecule has 0 unspecified atom stereocenters. The van der Waals surface area contributed by atoms with Gasteiger partial charge in [-0.1, -0.05) is 0 Å². The predicted octanol–water partition coefficient (Wildman–Crippen LogP) is 1.51. The first kappa shape index (κ1) is 10.0. The Bertz CT molecular complexity index is 403. The summed E-state index contributed by atoms with van der Waals surface area (Å²) in [6.45, 7) is 2.78. The van der Waals surface area contributed by atoms with Crippen molar-refractivity contribution in [1.29, 1.82) is 0 Å². The van der Waals surface area contributed by atoms with Gasteiger partial charge in [-0.05, 0) is 32.0 Å². The van der Waals surface area contributed by atoms with Crippen molar-refractivity contribution in [2.24, 2.45) is 0 Å². The van der Waals surface area contributed by atoms with Crippen LogP contribution in [0.3, 0.4) is 0 Å². The second-order valence-corrected chi connectivity index (χ2v) is 4.88. The fourth-order valence-corrected chi connectivity index (χ4v) is 2.54. The first-order valence-electron chi connectivity index (χ1n) is 5.78. The lowest BCUT2D eigenvalue weighted by Crippen LogP contribution is -2.53. The van der Waals surface area contributed by atoms with Gasteiger partial charge in [0.05, 0.1) is 0 Å². The van der Waals surface area contributed by atoms with Gasteiger partial charge in [-0.15, -0.1) is 0 Å². The molecule has 1 aromatic rings. The highest BCUT2D eigenvalue weighted by Crippen LogP contribution is 2.43. The van der Waals surface area contributed by atoms with Crippen molar-refractivity contribution >= 4 is 5.82 Å². The van der Waals surface area contributed by atoms with Crippen LogP contribution in [0.4, 0.5) is 10.2 Å². The van der Waals surface area contributed by atoms with Crippen LogP contribution in [0.2, 0.25) is 0 Å². The zero-order chi connectivity index (χ0) is 11.2. The molecule has 3 rings (SSSR count). The number of anilines is 1. The lowest BCUT2D eigenvalue weighted by Gasteiger charge is -2.40. The minimum absolute atomic E-state index is 0.206. The van der Waals surface area contributed by atoms with Crippen LogP contribution in [0.5, 0.6) is 0 Å². The number of aromatic nitrogens is 1. The van der Waals surface area contributed by atoms with E-state index in [4.69, 9.17) is 0 Å². The normalized spacial score (nSPS) is 23.8. The molecule has 1 saturated heterocycles. The van der Waals surface area contributed by atoms with Gasteiger partial charge in [0.2, 0.25) is 0 Å². The Kier molecular flexibility index (Phi) is 2.14. The van der Waals surface area contributed by atoms with Crippen molar-refractivity contribution in [3.8, 4) is 0 Å². The molecular formula is C12H16FN3. The molecule has 0 amide bonds. The Morgan fingerprint density at radius 3 is 2.88 bits per heavy atom. The topological polar surface area (TPSA) is 19.4 Å². The molecule has 0 radical (unpaired) electrons. The van der Waals surface area contributed by atoms with E-state index in [0.29, 0.717) is 11.4 Å². The minimum Gasteiger partial charge on any atom is -0.351 e. The maximum atomic E-state index is 13.6. The molecule has 16 heavy (non-hydrogen) atoms. The molecule has 0 atom stereocenters. The van der Waals surface area contributed by atoms with Crippen LogP contribution >= 0.6 is 0 Å². The van der Waals surface area contributed by atoms with Gasteiger partial charge in [-0.3, -0.25) is 4.90 Å². The molecule has 3 nitrogen and oxygen atoms in total. The van der Waals surface area contributed by atoms with E-state index in [1.165, 1.54) is 18.9 Å². The third-order valence-corrected chi connectivity index (χ3v) is 3.87. The van der Waals surface area contributed by atoms with E-state index in [2.05, 4.69) is 21.8 Å². The summed E-state index contributed by atoms with van der Waals surface area (Å²) in [6.07, 6.45) is 4.12. The van der Waals surface area contributed by atoms with Gasteiger partial charge in [0.25, 0.3) is 0 Å². The summed E-state index contributed by atoms with van der Waals surface area (Å²) in [5.41, 5.74) is 0.308. The number of halogens is 1. The number of piperazine rings is 1. The summed E-state index contributed by atoms with van der Waals surface area (Å²) < 4.78 is 13.6. The predicted molar refractivity (Wildman–Crippen MR) is 61.0 cm³/mol. The number of hydrogen-bond donors (Lipinski definition) is 0. The molecule has 0 N–H and O–H groups in total. The van der Waals surface area contributed by atoms with Crippen LogP contribution in [0.25, 0.3) is 0 Å². The van der Waals surface area contributed by atoms with Gasteiger partial charge in [-0.2, -0.15) is 0 Å². The van der Waals surface area contributed by atoms with Crippen LogP contribution < -0.4 is 4.90 Å². The Balaban J connectivity index is 1.84. The molecule has 0 bridgehead atoms. The molecule has 86 valence electrons. The van der Waals surface area contributed by atoms with Gasteiger partial charge in [0, 0.05) is 31.4 Å². The van der Waals surface area contributed by atoms with Crippen LogP contribution in [-0.4, -0.2) is 42.1 Å². The number of likely N-dealkylation sites (N-methyl/N-ethyl adjacent to an activating group) is 1. The lowest BCUT2D eigenvalue weighted by atomic mass is 10.1. The van der Waals surface area contributed by atoms with E-state index >= 15 is 0 Å². The zero-order valence-corrected chi connectivity index (χ0v) is 9.49. The molecule has 1 spiro atoms. The SMILES string of the molecule is CN1CCN(c2ncccc2F)CC12CC2. The Hall–Kier alpha value is -1.16. The Morgan fingerprint density at radius 1 is 1.38 bits per heavy atom. The quantitative estimate of drug-likeness (QED) is 0.716. The molecule has 1 aliphatic heterocycles. The minimum atomic E-state index is -0.206. The van der Waals surface area contributed by atoms with Crippen molar-refractivity contribution in [2.45, 2.75) is 18.4 Å². The second-order valence-electron chi connectivity index (χ2n) is 4.88. The molecule has 0 aromatic carbocycles. The largest absolute Gasteiger partial charge is 0.351 e. The molecule has 2 heterocycles. The third kappa shape index (κ3) is 1.48. The number of hydrogen-bond acceptors (Lipinski definition) is 3. The monoisotopic (exact) mass is 221 g/mol. The highest BCUT2D eigenvalue weighted by Gasteiger charge is 2.49. The highest BCUT2D eigenvalue weighted by atomic mass is 19.1. The van der Waals surface area contributed by atoms with E-state index < -0.39 is 0 Å². The van der Waals surface area contributed by atoms with E-state index in [9.17, 15) is 4.39 Å². The lowest BCUT2D eigenvalue weighted by molar-refractivity contribution is 0.197. The smallest absolute Gasteiger partial charge is 0.165 e. The molecule has 1 aromatic heterocycles. The summed E-state index contributed by atoms with van der Waals surface area (Å²) in [6, 6.07) is 3.13. The van der Waals surface area contributed by atoms with Crippen molar-refractivity contribution < 1.29 is 4.39 Å². The van der Waals surface area contributed by atoms with Gasteiger partial charge in [0.1, 0.15) is 0 Å². The van der Waals surface area contributed by atoms with Crippen LogP contribution in [-0.2, 0) is 0 Å². The Labute approximate surface area is 94.9 Å². The molecule has 1 aliphatic carbocycles. The van der Waals surface area contributed by atoms with Crippen molar-refractivity contribution in [1.82, 2.24) is 9.88 Å². The second kappa shape index (κ2) is 3.42. The van der Waals surface area contributed by atoms with E-state index in [1.54, 1.807) is 12.3 Å². The average molecular weight is 221 g/mol. The van der Waals surface area contributed by atoms with E-state index in [-0.39, 0.29) is 5.82 Å². The summed E-state index contributed by atoms with van der Waals surface area (Å²) >= 11 is 0. The van der Waals surface area contributed by atoms with Gasteiger partial charge >= 0.3 is 0 Å². The summed E-state index contributed by atoms with van der Waals surface area (Å²) in [7, 11) is 2.17. The van der Waals surface area contributed by atoms with Crippen LogP contribution in [0.15, 0.2) is 18.3 Å². The molecule has 2 fully saturated rings. The van der Waals surface area contributed by atoms with Gasteiger partial charge < -0.3 is 4.90 Å². The summed E-state index contributed by atoms with van der Waals surface area (Å²) in [4.78, 5) is 8.65. The van der Waals surface area contributed by atoms with Crippen molar-refractivity contribution in [3.05, 3.63) is 24.1 Å². The maximum Gasteiger partial charge on any atom is 0.165 e. The van der Waals surface area contributed by atoms with E-state index in [1.807, 2.05) is 0 Å². The third-order valence-electron chi connectivity index (χ3n) is 3.87. The summed E-state index contributed by atoms with van der Waals surface area (Å²) in [5, 5.41) is 0. The highest BCUT2D eigenvalue weighted by molar-refractivity contribution is 5.42. The fraction of sp³-hybridized carbons (Fsp3) is 0.583. The molecule has 2 aliphatic rings. The number of rotatable bonds is 1. The number of nitrogens with zero attached hydrogens (tertiary/aromatic N) is 3. The Morgan fingerprint density at radius 2 is 2.19 bits per heavy atom. The zero-order valence-electron chi connectivity index (χ0n) is 9.49. The van der Waals surface area contributed by atoms with Crippen LogP contribution in [0.1, 0.15) is 12.8 Å². The standard InChI is InChI=1S/C12H16FN3/c1-15-7-8-16(9-12(15)4-5-12)11-10(13)3-2-6-14-11/h2-3,6H,4-5,7-9H2,1H3. The molecule has 1 saturated carbocycles. The van der Waals surface area contributed by atoms with Gasteiger partial charge in [0.15, 0.2) is 11.6 Å². The van der Waals surface area contributed by atoms with Crippen molar-refractivity contribution in [2.75, 3.05) is 31.6 Å². The maximum absolute atomic E-state index is 13.6. The first-order chi connectivity index (χ1) is 7.71. The fourth-order valence-electron chi connectivity index (χ4n) is 2.54. The molecule has 4 heteroatoms. The van der Waals surface area contributed by atoms with Gasteiger partial charge in [-0.25, -0.2) is 9.37 Å². The van der Waals surface area contributed by atoms with E-state index in [0.717, 1.165) is 19.6 Å². The molecular weight excluding hydrogens is 205 g/mol. The number of pyridine rings is 1. The van der Waals surface area contributed by atoms with Crippen LogP contribution in [0, 0.1) is 5.82 Å². The summed E-state index contributed by atoms with van der Waals surface area (Å²) in [5.74, 6) is 0.310. The average Bonchev–Trinajstić information content (AvgIpc) is 3.04. The first-order valence-corrected chi connectivity index (χ1v) is 5.78.